The summed E-state index contributed by atoms with van der Waals surface area (Å²) in [4.78, 5) is 13.5. The summed E-state index contributed by atoms with van der Waals surface area (Å²) in [5.41, 5.74) is 7.26. The van der Waals surface area contributed by atoms with Crippen LogP contribution in [0.3, 0.4) is 0 Å². The lowest BCUT2D eigenvalue weighted by Crippen LogP contribution is -2.23. The lowest BCUT2D eigenvalue weighted by Gasteiger charge is -2.11. The zero-order chi connectivity index (χ0) is 20.6. The Morgan fingerprint density at radius 1 is 1.21 bits per heavy atom. The molecule has 2 aromatic rings. The molecule has 0 unspecified atom stereocenters. The standard InChI is InChI=1S/C21H26Cl2N6/c1-25-19(8-9-24)26-10-2-3-11-27-20-13-18(14-4-5-14)28-21(29-20)16-7-6-15(22)12-17(16)23/h6-9,12-14H,2-5,10-11,24H2,1H3,(H,25,26)(H,27,28,29). The van der Waals surface area contributed by atoms with E-state index in [0.717, 1.165) is 48.8 Å². The SMILES string of the molecule is CN=C(C=CN)NCCCCNc1cc(C2CC2)nc(-c2ccc(Cl)cc2Cl)n1. The number of nitrogens with two attached hydrogens (primary N) is 1. The minimum Gasteiger partial charge on any atom is -0.404 e. The van der Waals surface area contributed by atoms with E-state index in [9.17, 15) is 0 Å². The Morgan fingerprint density at radius 2 is 2.00 bits per heavy atom. The minimum absolute atomic E-state index is 0.523. The van der Waals surface area contributed by atoms with Gasteiger partial charge in [0.2, 0.25) is 0 Å². The van der Waals surface area contributed by atoms with Crippen LogP contribution >= 0.6 is 23.2 Å². The van der Waals surface area contributed by atoms with Crippen molar-refractivity contribution in [2.75, 3.05) is 25.5 Å². The zero-order valence-corrected chi connectivity index (χ0v) is 18.0. The Balaban J connectivity index is 1.60. The monoisotopic (exact) mass is 432 g/mol. The van der Waals surface area contributed by atoms with Crippen LogP contribution in [0.5, 0.6) is 0 Å². The third kappa shape index (κ3) is 6.34. The Labute approximate surface area is 181 Å². The van der Waals surface area contributed by atoms with E-state index in [1.165, 1.54) is 19.0 Å². The zero-order valence-electron chi connectivity index (χ0n) is 16.5. The number of halogens is 2. The molecule has 1 fully saturated rings. The van der Waals surface area contributed by atoms with Gasteiger partial charge in [-0.1, -0.05) is 23.2 Å². The van der Waals surface area contributed by atoms with Crippen molar-refractivity contribution >= 4 is 34.9 Å². The number of nitrogens with zero attached hydrogens (tertiary/aromatic N) is 3. The van der Waals surface area contributed by atoms with Crippen molar-refractivity contribution in [2.24, 2.45) is 10.7 Å². The van der Waals surface area contributed by atoms with Gasteiger partial charge >= 0.3 is 0 Å². The maximum absolute atomic E-state index is 6.37. The van der Waals surface area contributed by atoms with Crippen LogP contribution in [0, 0.1) is 0 Å². The Hall–Kier alpha value is -2.31. The van der Waals surface area contributed by atoms with E-state index < -0.39 is 0 Å². The summed E-state index contributed by atoms with van der Waals surface area (Å²) in [7, 11) is 1.74. The molecule has 0 aliphatic heterocycles. The molecule has 1 aliphatic rings. The fourth-order valence-electron chi connectivity index (χ4n) is 2.92. The van der Waals surface area contributed by atoms with Gasteiger partial charge in [0.15, 0.2) is 5.82 Å². The first-order chi connectivity index (χ1) is 14.1. The summed E-state index contributed by atoms with van der Waals surface area (Å²) in [5, 5.41) is 7.83. The summed E-state index contributed by atoms with van der Waals surface area (Å²) in [6, 6.07) is 7.45. The largest absolute Gasteiger partial charge is 0.404 e. The fourth-order valence-corrected chi connectivity index (χ4v) is 3.42. The lowest BCUT2D eigenvalue weighted by molar-refractivity contribution is 0.731. The van der Waals surface area contributed by atoms with E-state index in [-0.39, 0.29) is 0 Å². The minimum atomic E-state index is 0.523. The average molecular weight is 433 g/mol. The highest BCUT2D eigenvalue weighted by Gasteiger charge is 2.26. The normalized spacial score (nSPS) is 14.4. The number of anilines is 1. The summed E-state index contributed by atoms with van der Waals surface area (Å²) < 4.78 is 0. The molecular formula is C21H26Cl2N6. The van der Waals surface area contributed by atoms with Crippen LogP contribution in [0.4, 0.5) is 5.82 Å². The highest BCUT2D eigenvalue weighted by molar-refractivity contribution is 6.36. The van der Waals surface area contributed by atoms with Crippen molar-refractivity contribution in [3.05, 3.63) is 52.3 Å². The summed E-state index contributed by atoms with van der Waals surface area (Å²) in [6.07, 6.45) is 7.58. The van der Waals surface area contributed by atoms with Crippen molar-refractivity contribution in [1.82, 2.24) is 15.3 Å². The molecule has 6 nitrogen and oxygen atoms in total. The van der Waals surface area contributed by atoms with Crippen LogP contribution in [0.1, 0.15) is 37.3 Å². The maximum Gasteiger partial charge on any atom is 0.163 e. The first-order valence-corrected chi connectivity index (χ1v) is 10.5. The third-order valence-electron chi connectivity index (χ3n) is 4.62. The van der Waals surface area contributed by atoms with Gasteiger partial charge in [0.25, 0.3) is 0 Å². The van der Waals surface area contributed by atoms with E-state index in [4.69, 9.17) is 33.9 Å². The van der Waals surface area contributed by atoms with Gasteiger partial charge in [0, 0.05) is 48.4 Å². The Bertz CT molecular complexity index is 893. The molecule has 0 radical (unpaired) electrons. The van der Waals surface area contributed by atoms with Crippen LogP contribution in [-0.4, -0.2) is 35.9 Å². The molecule has 1 aromatic heterocycles. The molecule has 0 bridgehead atoms. The maximum atomic E-state index is 6.37. The van der Waals surface area contributed by atoms with Crippen LogP contribution < -0.4 is 16.4 Å². The average Bonchev–Trinajstić information content (AvgIpc) is 3.55. The fraction of sp³-hybridized carbons (Fsp3) is 0.381. The molecule has 154 valence electrons. The molecular weight excluding hydrogens is 407 g/mol. The number of amidine groups is 1. The second kappa shape index (κ2) is 10.5. The molecule has 1 aromatic carbocycles. The molecule has 0 amide bonds. The molecule has 1 aliphatic carbocycles. The van der Waals surface area contributed by atoms with E-state index in [2.05, 4.69) is 26.7 Å². The highest BCUT2D eigenvalue weighted by Crippen LogP contribution is 2.40. The van der Waals surface area contributed by atoms with Crippen molar-refractivity contribution < 1.29 is 0 Å². The van der Waals surface area contributed by atoms with Crippen molar-refractivity contribution in [1.29, 1.82) is 0 Å². The van der Waals surface area contributed by atoms with Gasteiger partial charge in [-0.2, -0.15) is 0 Å². The van der Waals surface area contributed by atoms with Gasteiger partial charge in [-0.15, -0.1) is 0 Å². The number of hydrogen-bond donors (Lipinski definition) is 3. The topological polar surface area (TPSA) is 88.2 Å². The second-order valence-corrected chi connectivity index (χ2v) is 7.77. The number of aromatic nitrogens is 2. The number of benzene rings is 1. The summed E-state index contributed by atoms with van der Waals surface area (Å²) in [6.45, 7) is 1.66. The molecule has 8 heteroatoms. The van der Waals surface area contributed by atoms with Crippen LogP contribution in [-0.2, 0) is 0 Å². The molecule has 1 heterocycles. The third-order valence-corrected chi connectivity index (χ3v) is 5.17. The van der Waals surface area contributed by atoms with Crippen LogP contribution in [0.2, 0.25) is 10.0 Å². The van der Waals surface area contributed by atoms with E-state index in [0.29, 0.717) is 21.8 Å². The number of unbranched alkanes of at least 4 members (excludes halogenated alkanes) is 1. The van der Waals surface area contributed by atoms with Gasteiger partial charge in [0.05, 0.1) is 5.02 Å². The molecule has 3 rings (SSSR count). The summed E-state index contributed by atoms with van der Waals surface area (Å²) >= 11 is 12.4. The van der Waals surface area contributed by atoms with E-state index in [1.54, 1.807) is 19.2 Å². The quantitative estimate of drug-likeness (QED) is 0.305. The number of aliphatic imine (C=N–C) groups is 1. The van der Waals surface area contributed by atoms with Gasteiger partial charge in [-0.3, -0.25) is 4.99 Å². The smallest absolute Gasteiger partial charge is 0.163 e. The molecule has 4 N–H and O–H groups in total. The van der Waals surface area contributed by atoms with Crippen LogP contribution in [0.25, 0.3) is 11.4 Å². The van der Waals surface area contributed by atoms with Gasteiger partial charge in [-0.25, -0.2) is 9.97 Å². The van der Waals surface area contributed by atoms with Crippen molar-refractivity contribution in [2.45, 2.75) is 31.6 Å². The molecule has 0 atom stereocenters. The predicted octanol–water partition coefficient (Wildman–Crippen LogP) is 4.61. The molecule has 0 spiro atoms. The number of hydrogen-bond acceptors (Lipinski definition) is 5. The Kier molecular flexibility index (Phi) is 7.72. The molecule has 0 saturated heterocycles. The van der Waals surface area contributed by atoms with Gasteiger partial charge in [0.1, 0.15) is 11.7 Å². The first-order valence-electron chi connectivity index (χ1n) is 9.78. The molecule has 1 saturated carbocycles. The van der Waals surface area contributed by atoms with Gasteiger partial charge < -0.3 is 16.4 Å². The first kappa shape index (κ1) is 21.4. The highest BCUT2D eigenvalue weighted by atomic mass is 35.5. The Morgan fingerprint density at radius 3 is 2.69 bits per heavy atom. The predicted molar refractivity (Wildman–Crippen MR) is 122 cm³/mol. The lowest BCUT2D eigenvalue weighted by atomic mass is 10.2. The van der Waals surface area contributed by atoms with Crippen molar-refractivity contribution in [3.63, 3.8) is 0 Å². The number of rotatable bonds is 9. The number of nitrogens with one attached hydrogen (secondary N) is 2. The van der Waals surface area contributed by atoms with Crippen molar-refractivity contribution in [3.8, 4) is 11.4 Å². The van der Waals surface area contributed by atoms with E-state index >= 15 is 0 Å². The second-order valence-electron chi connectivity index (χ2n) is 6.93. The summed E-state index contributed by atoms with van der Waals surface area (Å²) in [5.74, 6) is 2.78. The van der Waals surface area contributed by atoms with Crippen LogP contribution in [0.15, 0.2) is 41.5 Å². The van der Waals surface area contributed by atoms with E-state index in [1.807, 2.05) is 12.1 Å². The van der Waals surface area contributed by atoms with Gasteiger partial charge in [-0.05, 0) is 56.2 Å². The molecule has 29 heavy (non-hydrogen) atoms.